The summed E-state index contributed by atoms with van der Waals surface area (Å²) in [5.74, 6) is -1.82. The molecule has 0 heterocycles. The van der Waals surface area contributed by atoms with Crippen molar-refractivity contribution in [2.24, 2.45) is 0 Å². The van der Waals surface area contributed by atoms with Gasteiger partial charge in [-0.05, 0) is 12.1 Å². The van der Waals surface area contributed by atoms with Gasteiger partial charge in [0.2, 0.25) is 6.10 Å². The summed E-state index contributed by atoms with van der Waals surface area (Å²) in [6.45, 7) is 0. The second-order valence-corrected chi connectivity index (χ2v) is 5.27. The molecule has 6 heteroatoms. The Hall–Kier alpha value is -2.89. The predicted molar refractivity (Wildman–Crippen MR) is 86.2 cm³/mol. The van der Waals surface area contributed by atoms with Gasteiger partial charge in [0, 0.05) is 25.7 Å². The molecule has 2 aromatic rings. The molecule has 0 aliphatic carbocycles. The van der Waals surface area contributed by atoms with Gasteiger partial charge in [-0.25, -0.2) is 9.18 Å². The highest BCUT2D eigenvalue weighted by atomic mass is 19.1. The average Bonchev–Trinajstić information content (AvgIpc) is 2.59. The number of hydrogen-bond acceptors (Lipinski definition) is 4. The highest BCUT2D eigenvalue weighted by molar-refractivity contribution is 5.93. The zero-order chi connectivity index (χ0) is 17.7. The van der Waals surface area contributed by atoms with Crippen molar-refractivity contribution in [3.05, 3.63) is 65.5 Å². The van der Waals surface area contributed by atoms with Gasteiger partial charge in [-0.3, -0.25) is 4.79 Å². The summed E-state index contributed by atoms with van der Waals surface area (Å²) in [6.07, 6.45) is -1.14. The zero-order valence-corrected chi connectivity index (χ0v) is 13.7. The number of esters is 1. The summed E-state index contributed by atoms with van der Waals surface area (Å²) in [6, 6.07) is 12.4. The van der Waals surface area contributed by atoms with Gasteiger partial charge in [-0.2, -0.15) is 0 Å². The van der Waals surface area contributed by atoms with Crippen molar-refractivity contribution in [3.63, 3.8) is 0 Å². The van der Waals surface area contributed by atoms with Crippen LogP contribution in [0.5, 0.6) is 5.75 Å². The first-order chi connectivity index (χ1) is 11.4. The van der Waals surface area contributed by atoms with Crippen LogP contribution in [0.2, 0.25) is 0 Å². The van der Waals surface area contributed by atoms with Crippen molar-refractivity contribution in [2.45, 2.75) is 6.10 Å². The van der Waals surface area contributed by atoms with Crippen molar-refractivity contribution in [1.29, 1.82) is 0 Å². The Kier molecular flexibility index (Phi) is 5.52. The van der Waals surface area contributed by atoms with E-state index in [1.807, 2.05) is 0 Å². The zero-order valence-electron chi connectivity index (χ0n) is 13.7. The lowest BCUT2D eigenvalue weighted by molar-refractivity contribution is -0.138. The van der Waals surface area contributed by atoms with Crippen LogP contribution in [0.15, 0.2) is 48.5 Å². The first-order valence-corrected chi connectivity index (χ1v) is 7.24. The van der Waals surface area contributed by atoms with Gasteiger partial charge in [0.05, 0.1) is 12.7 Å². The van der Waals surface area contributed by atoms with Crippen LogP contribution >= 0.6 is 0 Å². The maximum Gasteiger partial charge on any atom is 0.342 e. The minimum absolute atomic E-state index is 0.261. The topological polar surface area (TPSA) is 55.8 Å². The van der Waals surface area contributed by atoms with E-state index in [-0.39, 0.29) is 11.3 Å². The van der Waals surface area contributed by atoms with E-state index in [2.05, 4.69) is 0 Å². The number of hydrogen-bond donors (Lipinski definition) is 0. The number of nitrogens with zero attached hydrogens (tertiary/aromatic N) is 1. The average molecular weight is 331 g/mol. The number of likely N-dealkylation sites (N-methyl/N-ethyl adjacent to an activating group) is 1. The van der Waals surface area contributed by atoms with Crippen LogP contribution in [0.3, 0.4) is 0 Å². The third-order valence-electron chi connectivity index (χ3n) is 3.39. The third kappa shape index (κ3) is 3.90. The molecule has 0 spiro atoms. The molecule has 2 rings (SSSR count). The van der Waals surface area contributed by atoms with Crippen LogP contribution in [0.1, 0.15) is 22.0 Å². The normalized spacial score (nSPS) is 11.5. The molecule has 126 valence electrons. The molecule has 0 fully saturated rings. The molecule has 1 atom stereocenters. The number of halogens is 1. The van der Waals surface area contributed by atoms with Gasteiger partial charge < -0.3 is 14.4 Å². The molecule has 0 N–H and O–H groups in total. The van der Waals surface area contributed by atoms with Crippen molar-refractivity contribution in [1.82, 2.24) is 4.90 Å². The van der Waals surface area contributed by atoms with Crippen LogP contribution in [0.25, 0.3) is 0 Å². The van der Waals surface area contributed by atoms with E-state index in [4.69, 9.17) is 9.47 Å². The molecule has 24 heavy (non-hydrogen) atoms. The fourth-order valence-corrected chi connectivity index (χ4v) is 2.08. The second-order valence-electron chi connectivity index (χ2n) is 5.27. The maximum absolute atomic E-state index is 14.0. The van der Waals surface area contributed by atoms with Crippen molar-refractivity contribution in [3.8, 4) is 5.75 Å². The summed E-state index contributed by atoms with van der Waals surface area (Å²) < 4.78 is 24.2. The van der Waals surface area contributed by atoms with Crippen LogP contribution < -0.4 is 4.74 Å². The Balaban J connectivity index is 2.29. The van der Waals surface area contributed by atoms with Crippen LogP contribution in [0.4, 0.5) is 4.39 Å². The van der Waals surface area contributed by atoms with Crippen LogP contribution in [-0.4, -0.2) is 38.0 Å². The van der Waals surface area contributed by atoms with Gasteiger partial charge >= 0.3 is 5.97 Å². The fourth-order valence-electron chi connectivity index (χ4n) is 2.08. The molecule has 1 amide bonds. The monoisotopic (exact) mass is 331 g/mol. The lowest BCUT2D eigenvalue weighted by Gasteiger charge is -2.21. The fraction of sp³-hybridized carbons (Fsp3) is 0.222. The van der Waals surface area contributed by atoms with Gasteiger partial charge in [-0.1, -0.05) is 30.3 Å². The lowest BCUT2D eigenvalue weighted by Crippen LogP contribution is -2.31. The van der Waals surface area contributed by atoms with E-state index in [0.29, 0.717) is 5.56 Å². The van der Waals surface area contributed by atoms with Crippen LogP contribution in [0, 0.1) is 5.82 Å². The summed E-state index contributed by atoms with van der Waals surface area (Å²) >= 11 is 0. The van der Waals surface area contributed by atoms with Crippen LogP contribution in [-0.2, 0) is 9.53 Å². The first kappa shape index (κ1) is 17.5. The minimum atomic E-state index is -1.14. The summed E-state index contributed by atoms with van der Waals surface area (Å²) in [5.41, 5.74) is 0.252. The molecule has 0 aliphatic rings. The largest absolute Gasteiger partial charge is 0.497 e. The smallest absolute Gasteiger partial charge is 0.342 e. The Morgan fingerprint density at radius 1 is 1.08 bits per heavy atom. The predicted octanol–water partition coefficient (Wildman–Crippen LogP) is 2.82. The number of rotatable bonds is 5. The quantitative estimate of drug-likeness (QED) is 0.791. The molecule has 0 radical (unpaired) electrons. The van der Waals surface area contributed by atoms with E-state index < -0.39 is 23.8 Å². The van der Waals surface area contributed by atoms with E-state index >= 15 is 0 Å². The number of benzene rings is 2. The molecule has 0 aromatic heterocycles. The van der Waals surface area contributed by atoms with E-state index in [1.165, 1.54) is 24.1 Å². The number of carbonyl (C=O) groups is 2. The van der Waals surface area contributed by atoms with Crippen molar-refractivity contribution in [2.75, 3.05) is 21.2 Å². The molecule has 0 saturated carbocycles. The second kappa shape index (κ2) is 7.59. The number of ether oxygens (including phenoxy) is 2. The minimum Gasteiger partial charge on any atom is -0.497 e. The summed E-state index contributed by atoms with van der Waals surface area (Å²) in [5, 5.41) is 0. The lowest BCUT2D eigenvalue weighted by atomic mass is 10.1. The van der Waals surface area contributed by atoms with Gasteiger partial charge in [0.25, 0.3) is 5.91 Å². The van der Waals surface area contributed by atoms with Gasteiger partial charge in [0.1, 0.15) is 11.6 Å². The SMILES string of the molecule is COc1ccc(C(=O)O[C@H](C(=O)N(C)C)c2ccccc2)c(F)c1. The molecular formula is C18H18FNO4. The molecule has 0 saturated heterocycles. The molecule has 5 nitrogen and oxygen atoms in total. The highest BCUT2D eigenvalue weighted by Gasteiger charge is 2.28. The standard InChI is InChI=1S/C18H18FNO4/c1-20(2)17(21)16(12-7-5-4-6-8-12)24-18(22)14-10-9-13(23-3)11-15(14)19/h4-11,16H,1-3H3/t16-/m0/s1. The van der Waals surface area contributed by atoms with E-state index in [1.54, 1.807) is 44.4 Å². The molecule has 0 aliphatic heterocycles. The molecule has 2 aromatic carbocycles. The highest BCUT2D eigenvalue weighted by Crippen LogP contribution is 2.23. The Labute approximate surface area is 139 Å². The van der Waals surface area contributed by atoms with Crippen molar-refractivity contribution < 1.29 is 23.5 Å². The Morgan fingerprint density at radius 2 is 1.75 bits per heavy atom. The molecule has 0 unspecified atom stereocenters. The number of carbonyl (C=O) groups excluding carboxylic acids is 2. The number of amides is 1. The van der Waals surface area contributed by atoms with Gasteiger partial charge in [-0.15, -0.1) is 0 Å². The molecular weight excluding hydrogens is 313 g/mol. The maximum atomic E-state index is 14.0. The Bertz CT molecular complexity index is 731. The number of methoxy groups -OCH3 is 1. The summed E-state index contributed by atoms with van der Waals surface area (Å²) in [4.78, 5) is 25.9. The van der Waals surface area contributed by atoms with E-state index in [0.717, 1.165) is 6.07 Å². The summed E-state index contributed by atoms with van der Waals surface area (Å²) in [7, 11) is 4.51. The Morgan fingerprint density at radius 3 is 2.29 bits per heavy atom. The first-order valence-electron chi connectivity index (χ1n) is 7.24. The van der Waals surface area contributed by atoms with E-state index in [9.17, 15) is 14.0 Å². The van der Waals surface area contributed by atoms with Crippen molar-refractivity contribution >= 4 is 11.9 Å². The third-order valence-corrected chi connectivity index (χ3v) is 3.39. The van der Waals surface area contributed by atoms with Gasteiger partial charge in [0.15, 0.2) is 0 Å². The molecule has 0 bridgehead atoms.